The third-order valence-corrected chi connectivity index (χ3v) is 5.14. The molecule has 2 rings (SSSR count). The standard InChI is InChI=1S/C26H28O6S/c1-3-30-25(27)22(20-21-14-8-5-9-15-21)16-10-6-13-19-24(26(28)31-4-2)33(29)32-23-17-11-7-12-18-23/h5-19,27H,3-4,20H2,1-2H3. The predicted octanol–water partition coefficient (Wildman–Crippen LogP) is 5.34. The van der Waals surface area contributed by atoms with Crippen LogP contribution in [0.2, 0.25) is 0 Å². The highest BCUT2D eigenvalue weighted by Gasteiger charge is 2.19. The topological polar surface area (TPSA) is 82.1 Å². The second-order valence-corrected chi connectivity index (χ2v) is 7.63. The van der Waals surface area contributed by atoms with E-state index in [1.165, 1.54) is 6.08 Å². The highest BCUT2D eigenvalue weighted by atomic mass is 32.2. The summed E-state index contributed by atoms with van der Waals surface area (Å²) < 4.78 is 28.2. The summed E-state index contributed by atoms with van der Waals surface area (Å²) in [5, 5.41) is 10.2. The molecule has 2 aromatic carbocycles. The molecule has 0 saturated carbocycles. The molecule has 0 radical (unpaired) electrons. The molecule has 174 valence electrons. The summed E-state index contributed by atoms with van der Waals surface area (Å²) in [4.78, 5) is 12.1. The summed E-state index contributed by atoms with van der Waals surface area (Å²) in [7, 11) is 0. The SMILES string of the molecule is CCOC(=O)C(=CC=CC=CC(Cc1ccccc1)=C(O)OCC)S(=O)Oc1ccccc1. The molecule has 0 aromatic heterocycles. The maximum absolute atomic E-state index is 12.6. The minimum atomic E-state index is -2.05. The average molecular weight is 469 g/mol. The molecule has 1 N–H and O–H groups in total. The Labute approximate surface area is 197 Å². The van der Waals surface area contributed by atoms with Gasteiger partial charge in [-0.3, -0.25) is 0 Å². The molecule has 0 amide bonds. The number of hydrogen-bond donors (Lipinski definition) is 1. The van der Waals surface area contributed by atoms with Crippen LogP contribution in [0, 0.1) is 0 Å². The maximum Gasteiger partial charge on any atom is 0.350 e. The average Bonchev–Trinajstić information content (AvgIpc) is 2.82. The molecule has 0 spiro atoms. The number of aliphatic hydroxyl groups excluding tert-OH is 1. The van der Waals surface area contributed by atoms with E-state index in [0.717, 1.165) is 5.56 Å². The molecule has 0 aliphatic heterocycles. The Morgan fingerprint density at radius 1 is 0.909 bits per heavy atom. The zero-order valence-corrected chi connectivity index (χ0v) is 19.5. The number of para-hydroxylation sites is 1. The Balaban J connectivity index is 2.16. The van der Waals surface area contributed by atoms with Crippen LogP contribution in [0.4, 0.5) is 0 Å². The normalized spacial score (nSPS) is 13.6. The van der Waals surface area contributed by atoms with Crippen molar-refractivity contribution in [2.45, 2.75) is 20.3 Å². The van der Waals surface area contributed by atoms with E-state index in [4.69, 9.17) is 13.7 Å². The zero-order valence-electron chi connectivity index (χ0n) is 18.7. The number of ether oxygens (including phenoxy) is 2. The summed E-state index contributed by atoms with van der Waals surface area (Å²) in [5.74, 6) is -0.498. The Hall–Kier alpha value is -3.58. The highest BCUT2D eigenvalue weighted by Crippen LogP contribution is 2.16. The van der Waals surface area contributed by atoms with E-state index in [-0.39, 0.29) is 17.5 Å². The van der Waals surface area contributed by atoms with E-state index in [9.17, 15) is 14.1 Å². The van der Waals surface area contributed by atoms with Crippen LogP contribution in [-0.4, -0.2) is 28.5 Å². The summed E-state index contributed by atoms with van der Waals surface area (Å²) >= 11 is -2.05. The van der Waals surface area contributed by atoms with Crippen molar-refractivity contribution in [3.63, 3.8) is 0 Å². The van der Waals surface area contributed by atoms with E-state index in [1.807, 2.05) is 30.3 Å². The Kier molecular flexibility index (Phi) is 11.3. The monoisotopic (exact) mass is 468 g/mol. The van der Waals surface area contributed by atoms with Gasteiger partial charge in [0.05, 0.1) is 13.2 Å². The molecule has 0 fully saturated rings. The van der Waals surface area contributed by atoms with Crippen molar-refractivity contribution >= 4 is 17.0 Å². The quantitative estimate of drug-likeness (QED) is 0.196. The van der Waals surface area contributed by atoms with E-state index in [0.29, 0.717) is 24.4 Å². The number of hydrogen-bond acceptors (Lipinski definition) is 6. The van der Waals surface area contributed by atoms with E-state index >= 15 is 0 Å². The molecule has 33 heavy (non-hydrogen) atoms. The third kappa shape index (κ3) is 9.21. The molecule has 6 nitrogen and oxygen atoms in total. The van der Waals surface area contributed by atoms with Gasteiger partial charge in [-0.25, -0.2) is 9.00 Å². The van der Waals surface area contributed by atoms with E-state index < -0.39 is 17.0 Å². The van der Waals surface area contributed by atoms with Gasteiger partial charge < -0.3 is 18.8 Å². The fraction of sp³-hybridized carbons (Fsp3) is 0.192. The van der Waals surface area contributed by atoms with Crippen LogP contribution in [0.3, 0.4) is 0 Å². The largest absolute Gasteiger partial charge is 0.481 e. The number of allylic oxidation sites excluding steroid dienone is 6. The minimum absolute atomic E-state index is 0.123. The number of benzene rings is 2. The molecule has 7 heteroatoms. The minimum Gasteiger partial charge on any atom is -0.481 e. The highest BCUT2D eigenvalue weighted by molar-refractivity contribution is 7.85. The van der Waals surface area contributed by atoms with Gasteiger partial charge in [0.2, 0.25) is 11.1 Å². The molecule has 0 bridgehead atoms. The first-order chi connectivity index (χ1) is 16.0. The fourth-order valence-electron chi connectivity index (χ4n) is 2.63. The summed E-state index contributed by atoms with van der Waals surface area (Å²) in [6.45, 7) is 3.94. The molecule has 0 saturated heterocycles. The van der Waals surface area contributed by atoms with Crippen LogP contribution in [0.25, 0.3) is 0 Å². The summed E-state index contributed by atoms with van der Waals surface area (Å²) in [5.41, 5.74) is 1.61. The van der Waals surface area contributed by atoms with Gasteiger partial charge >= 0.3 is 5.97 Å². The number of carbonyl (C=O) groups is 1. The van der Waals surface area contributed by atoms with Crippen molar-refractivity contribution in [1.82, 2.24) is 0 Å². The van der Waals surface area contributed by atoms with Crippen molar-refractivity contribution < 1.29 is 27.8 Å². The molecule has 1 atom stereocenters. The lowest BCUT2D eigenvalue weighted by Crippen LogP contribution is -2.15. The molecule has 2 aromatic rings. The van der Waals surface area contributed by atoms with Crippen molar-refractivity contribution in [2.75, 3.05) is 13.2 Å². The van der Waals surface area contributed by atoms with E-state index in [2.05, 4.69) is 0 Å². The van der Waals surface area contributed by atoms with Crippen LogP contribution in [0.1, 0.15) is 19.4 Å². The van der Waals surface area contributed by atoms with Gasteiger partial charge in [0.25, 0.3) is 5.95 Å². The van der Waals surface area contributed by atoms with Crippen molar-refractivity contribution in [3.05, 3.63) is 113 Å². The van der Waals surface area contributed by atoms with Gasteiger partial charge in [-0.1, -0.05) is 72.8 Å². The van der Waals surface area contributed by atoms with Crippen LogP contribution in [0.15, 0.2) is 107 Å². The molecule has 0 aliphatic carbocycles. The lowest BCUT2D eigenvalue weighted by Gasteiger charge is -2.07. The first kappa shape index (κ1) is 25.7. The van der Waals surface area contributed by atoms with Crippen molar-refractivity contribution in [2.24, 2.45) is 0 Å². The van der Waals surface area contributed by atoms with Gasteiger partial charge in [0, 0.05) is 12.0 Å². The number of carbonyl (C=O) groups excluding carboxylic acids is 1. The lowest BCUT2D eigenvalue weighted by molar-refractivity contribution is -0.137. The third-order valence-electron chi connectivity index (χ3n) is 4.13. The maximum atomic E-state index is 12.6. The predicted molar refractivity (Wildman–Crippen MR) is 130 cm³/mol. The Morgan fingerprint density at radius 2 is 1.55 bits per heavy atom. The van der Waals surface area contributed by atoms with Gasteiger partial charge in [-0.2, -0.15) is 0 Å². The van der Waals surface area contributed by atoms with E-state index in [1.54, 1.807) is 68.5 Å². The van der Waals surface area contributed by atoms with Gasteiger partial charge in [0.1, 0.15) is 5.75 Å². The van der Waals surface area contributed by atoms with Crippen LogP contribution in [-0.2, 0) is 31.8 Å². The first-order valence-electron chi connectivity index (χ1n) is 10.5. The molecular weight excluding hydrogens is 440 g/mol. The van der Waals surface area contributed by atoms with Gasteiger partial charge in [0.15, 0.2) is 4.91 Å². The number of esters is 1. The van der Waals surface area contributed by atoms with Crippen LogP contribution >= 0.6 is 0 Å². The second kappa shape index (κ2) is 14.5. The van der Waals surface area contributed by atoms with Gasteiger partial charge in [-0.15, -0.1) is 0 Å². The molecular formula is C26H28O6S. The summed E-state index contributed by atoms with van der Waals surface area (Å²) in [6, 6.07) is 18.3. The zero-order chi connectivity index (χ0) is 23.9. The van der Waals surface area contributed by atoms with Crippen LogP contribution < -0.4 is 4.18 Å². The lowest BCUT2D eigenvalue weighted by atomic mass is 10.1. The summed E-state index contributed by atoms with van der Waals surface area (Å²) in [6.07, 6.45) is 8.45. The molecule has 0 heterocycles. The van der Waals surface area contributed by atoms with Crippen molar-refractivity contribution in [3.8, 4) is 5.75 Å². The van der Waals surface area contributed by atoms with Gasteiger partial charge in [-0.05, 0) is 37.6 Å². The Morgan fingerprint density at radius 3 is 2.18 bits per heavy atom. The molecule has 0 aliphatic rings. The molecule has 1 unspecified atom stereocenters. The number of rotatable bonds is 12. The Bertz CT molecular complexity index is 1020. The second-order valence-electron chi connectivity index (χ2n) is 6.55. The fourth-order valence-corrected chi connectivity index (χ4v) is 3.39. The smallest absolute Gasteiger partial charge is 0.350 e. The first-order valence-corrected chi connectivity index (χ1v) is 11.6. The number of aliphatic hydroxyl groups is 1. The van der Waals surface area contributed by atoms with Crippen molar-refractivity contribution in [1.29, 1.82) is 0 Å². The van der Waals surface area contributed by atoms with Crippen LogP contribution in [0.5, 0.6) is 5.75 Å².